The summed E-state index contributed by atoms with van der Waals surface area (Å²) in [6.07, 6.45) is 1.76. The second-order valence-electron chi connectivity index (χ2n) is 11.2. The first kappa shape index (κ1) is 31.2. The first-order chi connectivity index (χ1) is 18.2. The van der Waals surface area contributed by atoms with E-state index in [9.17, 15) is 14.5 Å². The number of unbranched alkanes of at least 4 members (excludes halogenated alkanes) is 1. The van der Waals surface area contributed by atoms with Gasteiger partial charge in [-0.3, -0.25) is 13.9 Å². The summed E-state index contributed by atoms with van der Waals surface area (Å²) in [7, 11) is -2.24. The summed E-state index contributed by atoms with van der Waals surface area (Å²) in [5.74, 6) is -0.345. The number of aliphatic hydroxyl groups is 1. The molecule has 1 fully saturated rings. The number of aromatic nitrogens is 4. The zero-order valence-electron chi connectivity index (χ0n) is 23.8. The number of imidazole rings is 1. The van der Waals surface area contributed by atoms with Crippen LogP contribution in [-0.4, -0.2) is 75.2 Å². The number of nitrogens with one attached hydrogen (secondary N) is 2. The summed E-state index contributed by atoms with van der Waals surface area (Å²) in [6, 6.07) is -0.884. The predicted molar refractivity (Wildman–Crippen MR) is 145 cm³/mol. The SMILES string of the molecule is CCCCNP(=O)(N[C@@H](C)C(=O)OCC(C)(C)C)OC[C@@H]1C[C@@](C)(O)[C@H](n2cnc3c(OC)nc(N)nc32)O1. The van der Waals surface area contributed by atoms with E-state index in [2.05, 4.69) is 25.1 Å². The molecular formula is C24H42N7O7P. The van der Waals surface area contributed by atoms with Gasteiger partial charge in [-0.15, -0.1) is 0 Å². The molecule has 0 bridgehead atoms. The number of fused-ring (bicyclic) bond motifs is 1. The molecule has 0 radical (unpaired) electrons. The number of nitrogens with two attached hydrogens (primary N) is 1. The van der Waals surface area contributed by atoms with Crippen LogP contribution >= 0.6 is 7.67 Å². The lowest BCUT2D eigenvalue weighted by atomic mass is 9.99. The minimum absolute atomic E-state index is 0.0149. The predicted octanol–water partition coefficient (Wildman–Crippen LogP) is 2.54. The quantitative estimate of drug-likeness (QED) is 0.156. The van der Waals surface area contributed by atoms with Crippen molar-refractivity contribution in [2.75, 3.05) is 32.6 Å². The van der Waals surface area contributed by atoms with E-state index in [0.29, 0.717) is 17.7 Å². The molecule has 1 aliphatic heterocycles. The molecule has 1 saturated heterocycles. The van der Waals surface area contributed by atoms with Crippen LogP contribution in [0.4, 0.5) is 5.95 Å². The molecular weight excluding hydrogens is 529 g/mol. The Morgan fingerprint density at radius 3 is 2.77 bits per heavy atom. The second kappa shape index (κ2) is 12.4. The fourth-order valence-corrected chi connectivity index (χ4v) is 5.76. The van der Waals surface area contributed by atoms with E-state index >= 15 is 0 Å². The van der Waals surface area contributed by atoms with E-state index in [1.165, 1.54) is 13.4 Å². The molecule has 5 atom stereocenters. The van der Waals surface area contributed by atoms with Crippen LogP contribution in [0.25, 0.3) is 11.2 Å². The third-order valence-electron chi connectivity index (χ3n) is 6.00. The smallest absolute Gasteiger partial charge is 0.341 e. The number of anilines is 1. The molecule has 3 heterocycles. The van der Waals surface area contributed by atoms with E-state index in [1.807, 2.05) is 27.7 Å². The summed E-state index contributed by atoms with van der Waals surface area (Å²) in [5, 5.41) is 16.9. The number of carbonyl (C=O) groups is 1. The van der Waals surface area contributed by atoms with Gasteiger partial charge in [0.15, 0.2) is 17.4 Å². The summed E-state index contributed by atoms with van der Waals surface area (Å²) in [4.78, 5) is 25.1. The molecule has 2 aromatic rings. The minimum Gasteiger partial charge on any atom is -0.479 e. The topological polar surface area (TPSA) is 185 Å². The van der Waals surface area contributed by atoms with Gasteiger partial charge in [-0.1, -0.05) is 34.1 Å². The number of rotatable bonds is 13. The number of esters is 1. The molecule has 0 saturated carbocycles. The number of hydrogen-bond donors (Lipinski definition) is 4. The van der Waals surface area contributed by atoms with Crippen molar-refractivity contribution >= 4 is 30.8 Å². The van der Waals surface area contributed by atoms with Crippen LogP contribution in [0.15, 0.2) is 6.33 Å². The number of ether oxygens (including phenoxy) is 3. The third-order valence-corrected chi connectivity index (χ3v) is 7.88. The molecule has 5 N–H and O–H groups in total. The molecule has 14 nitrogen and oxygen atoms in total. The zero-order valence-corrected chi connectivity index (χ0v) is 24.7. The van der Waals surface area contributed by atoms with Crippen LogP contribution < -0.4 is 20.6 Å². The van der Waals surface area contributed by atoms with Crippen LogP contribution in [-0.2, 0) is 23.4 Å². The third kappa shape index (κ3) is 8.09. The molecule has 1 unspecified atom stereocenters. The van der Waals surface area contributed by atoms with E-state index in [1.54, 1.807) is 18.4 Å². The average molecular weight is 572 g/mol. The maximum atomic E-state index is 13.7. The van der Waals surface area contributed by atoms with E-state index < -0.39 is 37.6 Å². The maximum Gasteiger partial charge on any atom is 0.341 e. The van der Waals surface area contributed by atoms with Crippen LogP contribution in [0.5, 0.6) is 5.88 Å². The Morgan fingerprint density at radius 2 is 2.13 bits per heavy atom. The highest BCUT2D eigenvalue weighted by molar-refractivity contribution is 7.54. The zero-order chi connectivity index (χ0) is 29.0. The highest BCUT2D eigenvalue weighted by Gasteiger charge is 2.46. The molecule has 2 aromatic heterocycles. The minimum atomic E-state index is -3.69. The highest BCUT2D eigenvalue weighted by atomic mass is 31.2. The van der Waals surface area contributed by atoms with Gasteiger partial charge in [-0.2, -0.15) is 9.97 Å². The monoisotopic (exact) mass is 571 g/mol. The van der Waals surface area contributed by atoms with E-state index in [4.69, 9.17) is 24.5 Å². The number of carbonyl (C=O) groups excluding carboxylic acids is 1. The summed E-state index contributed by atoms with van der Waals surface area (Å²) < 4.78 is 37.8. The summed E-state index contributed by atoms with van der Waals surface area (Å²) in [5.41, 5.74) is 4.98. The van der Waals surface area contributed by atoms with Crippen LogP contribution in [0.3, 0.4) is 0 Å². The van der Waals surface area contributed by atoms with Gasteiger partial charge in [0.2, 0.25) is 11.8 Å². The number of methoxy groups -OCH3 is 1. The van der Waals surface area contributed by atoms with Crippen LogP contribution in [0.2, 0.25) is 0 Å². The first-order valence-electron chi connectivity index (χ1n) is 13.0. The van der Waals surface area contributed by atoms with Crippen molar-refractivity contribution in [3.8, 4) is 5.88 Å². The Bertz CT molecular complexity index is 1180. The van der Waals surface area contributed by atoms with Gasteiger partial charge in [0.25, 0.3) is 0 Å². The normalized spacial score (nSPS) is 24.0. The Morgan fingerprint density at radius 1 is 1.41 bits per heavy atom. The second-order valence-corrected chi connectivity index (χ2v) is 13.2. The molecule has 0 aromatic carbocycles. The van der Waals surface area contributed by atoms with Crippen molar-refractivity contribution in [3.05, 3.63) is 6.33 Å². The Hall–Kier alpha value is -2.35. The lowest BCUT2D eigenvalue weighted by molar-refractivity contribution is -0.148. The largest absolute Gasteiger partial charge is 0.479 e. The highest BCUT2D eigenvalue weighted by Crippen LogP contribution is 2.43. The van der Waals surface area contributed by atoms with Gasteiger partial charge in [0.05, 0.1) is 32.8 Å². The van der Waals surface area contributed by atoms with Crippen molar-refractivity contribution < 1.29 is 33.2 Å². The Balaban J connectivity index is 1.72. The molecule has 0 amide bonds. The molecule has 220 valence electrons. The number of nitrogens with zero attached hydrogens (tertiary/aromatic N) is 4. The molecule has 39 heavy (non-hydrogen) atoms. The van der Waals surface area contributed by atoms with Crippen molar-refractivity contribution in [1.29, 1.82) is 0 Å². The maximum absolute atomic E-state index is 13.7. The summed E-state index contributed by atoms with van der Waals surface area (Å²) >= 11 is 0. The van der Waals surface area contributed by atoms with Gasteiger partial charge >= 0.3 is 13.6 Å². The van der Waals surface area contributed by atoms with Crippen LogP contribution in [0.1, 0.15) is 67.0 Å². The standard InChI is InChI=1S/C24H42N7O7P/c1-8-9-10-27-39(34,30-15(2)20(32)36-13-23(3,4)5)37-12-16-11-24(6,33)21(38-16)31-14-26-17-18(31)28-22(25)29-19(17)35-7/h14-16,21,33H,8-13H2,1-7H3,(H2,25,28,29)(H2,27,30,34)/t15-,16-,21+,24+,39?/m0/s1. The lowest BCUT2D eigenvalue weighted by Crippen LogP contribution is -2.39. The summed E-state index contributed by atoms with van der Waals surface area (Å²) in [6.45, 7) is 11.6. The van der Waals surface area contributed by atoms with Crippen LogP contribution in [0, 0.1) is 5.41 Å². The van der Waals surface area contributed by atoms with Gasteiger partial charge in [-0.05, 0) is 25.7 Å². The molecule has 3 rings (SSSR count). The van der Waals surface area contributed by atoms with Gasteiger partial charge < -0.3 is 29.6 Å². The first-order valence-corrected chi connectivity index (χ1v) is 14.7. The lowest BCUT2D eigenvalue weighted by Gasteiger charge is -2.26. The number of nitrogen functional groups attached to an aromatic ring is 1. The molecule has 1 aliphatic rings. The van der Waals surface area contributed by atoms with Gasteiger partial charge in [0, 0.05) is 13.0 Å². The molecule has 0 spiro atoms. The number of hydrogen-bond acceptors (Lipinski definition) is 11. The van der Waals surface area contributed by atoms with Crippen molar-refractivity contribution in [3.63, 3.8) is 0 Å². The average Bonchev–Trinajstić information content (AvgIpc) is 3.39. The Labute approximate surface area is 228 Å². The Kier molecular flexibility index (Phi) is 9.95. The fraction of sp³-hybridized carbons (Fsp3) is 0.750. The molecule has 0 aliphatic carbocycles. The fourth-order valence-electron chi connectivity index (χ4n) is 4.06. The van der Waals surface area contributed by atoms with Crippen molar-refractivity contribution in [2.24, 2.45) is 5.41 Å². The van der Waals surface area contributed by atoms with Crippen molar-refractivity contribution in [2.45, 2.75) is 84.8 Å². The van der Waals surface area contributed by atoms with E-state index in [-0.39, 0.29) is 36.9 Å². The molecule has 15 heteroatoms. The van der Waals surface area contributed by atoms with Gasteiger partial charge in [0.1, 0.15) is 11.6 Å². The van der Waals surface area contributed by atoms with E-state index in [0.717, 1.165) is 12.8 Å². The van der Waals surface area contributed by atoms with Crippen molar-refractivity contribution in [1.82, 2.24) is 29.7 Å². The van der Waals surface area contributed by atoms with Gasteiger partial charge in [-0.25, -0.2) is 15.2 Å².